The third kappa shape index (κ3) is 5.28. The number of carbonyl (C=O) groups is 1. The minimum absolute atomic E-state index is 0.134. The molecule has 1 N–H and O–H groups in total. The molecule has 2 aromatic rings. The molecule has 0 aliphatic heterocycles. The van der Waals surface area contributed by atoms with E-state index in [0.717, 1.165) is 6.07 Å². The second kappa shape index (κ2) is 9.29. The first kappa shape index (κ1) is 21.3. The molecule has 1 aromatic carbocycles. The highest BCUT2D eigenvalue weighted by Crippen LogP contribution is 2.39. The normalized spacial score (nSPS) is 11.1. The van der Waals surface area contributed by atoms with Gasteiger partial charge in [-0.15, -0.1) is 0 Å². The van der Waals surface area contributed by atoms with Gasteiger partial charge < -0.3 is 19.5 Å². The fourth-order valence-corrected chi connectivity index (χ4v) is 2.37. The van der Waals surface area contributed by atoms with E-state index in [1.807, 2.05) is 0 Å². The highest BCUT2D eigenvalue weighted by Gasteiger charge is 2.32. The van der Waals surface area contributed by atoms with Crippen molar-refractivity contribution in [2.45, 2.75) is 26.9 Å². The fraction of sp³-hybridized carbons (Fsp3) is 0.368. The van der Waals surface area contributed by atoms with Crippen LogP contribution in [0.1, 0.15) is 36.8 Å². The first-order valence-corrected chi connectivity index (χ1v) is 8.72. The summed E-state index contributed by atoms with van der Waals surface area (Å²) in [4.78, 5) is 16.0. The number of halogens is 3. The Kier molecular flexibility index (Phi) is 7.08. The molecule has 0 radical (unpaired) electrons. The molecule has 0 fully saturated rings. The summed E-state index contributed by atoms with van der Waals surface area (Å²) in [5, 5.41) is 2.36. The Balaban J connectivity index is 2.36. The second-order valence-electron chi connectivity index (χ2n) is 5.46. The number of hydrogen-bond donors (Lipinski definition) is 1. The van der Waals surface area contributed by atoms with Gasteiger partial charge in [-0.1, -0.05) is 6.07 Å². The average molecular weight is 398 g/mol. The first-order chi connectivity index (χ1) is 13.3. The molecule has 1 amide bonds. The van der Waals surface area contributed by atoms with Crippen molar-refractivity contribution >= 4 is 11.7 Å². The fourth-order valence-electron chi connectivity index (χ4n) is 2.37. The maximum atomic E-state index is 12.8. The Morgan fingerprint density at radius 1 is 1.00 bits per heavy atom. The SMILES string of the molecule is CCOc1cc(C(=O)Nc2cccc(C(F)(F)F)n2)cc(OCC)c1OCC. The number of alkyl halides is 3. The van der Waals surface area contributed by atoms with Crippen molar-refractivity contribution in [1.82, 2.24) is 4.98 Å². The van der Waals surface area contributed by atoms with E-state index in [4.69, 9.17) is 14.2 Å². The Morgan fingerprint density at radius 2 is 1.57 bits per heavy atom. The summed E-state index contributed by atoms with van der Waals surface area (Å²) in [5.41, 5.74) is -0.962. The molecule has 0 spiro atoms. The van der Waals surface area contributed by atoms with E-state index in [-0.39, 0.29) is 11.4 Å². The Morgan fingerprint density at radius 3 is 2.07 bits per heavy atom. The van der Waals surface area contributed by atoms with Crippen LogP contribution in [0.2, 0.25) is 0 Å². The maximum Gasteiger partial charge on any atom is 0.433 e. The lowest BCUT2D eigenvalue weighted by Gasteiger charge is -2.17. The van der Waals surface area contributed by atoms with Crippen molar-refractivity contribution in [1.29, 1.82) is 0 Å². The van der Waals surface area contributed by atoms with Crippen molar-refractivity contribution in [3.63, 3.8) is 0 Å². The van der Waals surface area contributed by atoms with Crippen LogP contribution in [0, 0.1) is 0 Å². The molecule has 0 aliphatic carbocycles. The minimum Gasteiger partial charge on any atom is -0.490 e. The van der Waals surface area contributed by atoms with Crippen LogP contribution in [0.5, 0.6) is 17.2 Å². The number of anilines is 1. The zero-order valence-corrected chi connectivity index (χ0v) is 15.7. The molecule has 152 valence electrons. The molecule has 0 saturated carbocycles. The van der Waals surface area contributed by atoms with Gasteiger partial charge in [0, 0.05) is 5.56 Å². The predicted octanol–water partition coefficient (Wildman–Crippen LogP) is 4.55. The molecule has 28 heavy (non-hydrogen) atoms. The lowest BCUT2D eigenvalue weighted by molar-refractivity contribution is -0.141. The maximum absolute atomic E-state index is 12.8. The monoisotopic (exact) mass is 398 g/mol. The van der Waals surface area contributed by atoms with Gasteiger partial charge in [-0.2, -0.15) is 13.2 Å². The van der Waals surface area contributed by atoms with Gasteiger partial charge in [0.15, 0.2) is 11.5 Å². The molecule has 0 aliphatic rings. The summed E-state index contributed by atoms with van der Waals surface area (Å²) >= 11 is 0. The van der Waals surface area contributed by atoms with Gasteiger partial charge >= 0.3 is 6.18 Å². The molecule has 1 aromatic heterocycles. The van der Waals surface area contributed by atoms with Crippen LogP contribution in [0.4, 0.5) is 19.0 Å². The number of carbonyl (C=O) groups excluding carboxylic acids is 1. The van der Waals surface area contributed by atoms with Crippen LogP contribution in [-0.4, -0.2) is 30.7 Å². The number of benzene rings is 1. The van der Waals surface area contributed by atoms with Crippen LogP contribution in [0.15, 0.2) is 30.3 Å². The van der Waals surface area contributed by atoms with E-state index in [9.17, 15) is 18.0 Å². The molecule has 1 heterocycles. The van der Waals surface area contributed by atoms with Gasteiger partial charge in [0.05, 0.1) is 19.8 Å². The van der Waals surface area contributed by atoms with Gasteiger partial charge in [0.2, 0.25) is 5.75 Å². The zero-order valence-electron chi connectivity index (χ0n) is 15.7. The summed E-state index contributed by atoms with van der Waals surface area (Å²) < 4.78 is 55.0. The van der Waals surface area contributed by atoms with E-state index in [1.165, 1.54) is 24.3 Å². The van der Waals surface area contributed by atoms with Gasteiger partial charge in [0.1, 0.15) is 11.5 Å². The molecule has 0 bridgehead atoms. The van der Waals surface area contributed by atoms with E-state index in [1.54, 1.807) is 20.8 Å². The van der Waals surface area contributed by atoms with E-state index >= 15 is 0 Å². The van der Waals surface area contributed by atoms with Crippen LogP contribution in [-0.2, 0) is 6.18 Å². The largest absolute Gasteiger partial charge is 0.490 e. The smallest absolute Gasteiger partial charge is 0.433 e. The predicted molar refractivity (Wildman–Crippen MR) is 97.1 cm³/mol. The number of nitrogens with zero attached hydrogens (tertiary/aromatic N) is 1. The Bertz CT molecular complexity index is 798. The highest BCUT2D eigenvalue weighted by molar-refractivity contribution is 6.04. The number of aromatic nitrogens is 1. The highest BCUT2D eigenvalue weighted by atomic mass is 19.4. The number of hydrogen-bond acceptors (Lipinski definition) is 5. The van der Waals surface area contributed by atoms with Gasteiger partial charge in [-0.25, -0.2) is 4.98 Å². The summed E-state index contributed by atoms with van der Waals surface area (Å²) in [7, 11) is 0. The molecule has 0 unspecified atom stereocenters. The number of rotatable bonds is 8. The van der Waals surface area contributed by atoms with E-state index in [0.29, 0.717) is 37.1 Å². The molecule has 6 nitrogen and oxygen atoms in total. The Labute approximate surface area is 160 Å². The van der Waals surface area contributed by atoms with Crippen LogP contribution >= 0.6 is 0 Å². The quantitative estimate of drug-likeness (QED) is 0.707. The number of pyridine rings is 1. The minimum atomic E-state index is -4.61. The van der Waals surface area contributed by atoms with Gasteiger partial charge in [-0.3, -0.25) is 4.79 Å². The molecule has 0 saturated heterocycles. The van der Waals surface area contributed by atoms with Crippen molar-refractivity contribution in [2.75, 3.05) is 25.1 Å². The van der Waals surface area contributed by atoms with Crippen LogP contribution in [0.25, 0.3) is 0 Å². The molecule has 9 heteroatoms. The van der Waals surface area contributed by atoms with Crippen LogP contribution < -0.4 is 19.5 Å². The molecular weight excluding hydrogens is 377 g/mol. The van der Waals surface area contributed by atoms with Crippen molar-refractivity contribution < 1.29 is 32.2 Å². The van der Waals surface area contributed by atoms with E-state index in [2.05, 4.69) is 10.3 Å². The summed E-state index contributed by atoms with van der Waals surface area (Å²) in [5.74, 6) is 0.0938. The average Bonchev–Trinajstić information content (AvgIpc) is 2.64. The lowest BCUT2D eigenvalue weighted by atomic mass is 10.1. The molecular formula is C19H21F3N2O4. The standard InChI is InChI=1S/C19H21F3N2O4/c1-4-26-13-10-12(11-14(27-5-2)17(13)28-6-3)18(25)24-16-9-7-8-15(23-16)19(20,21)22/h7-11H,4-6H2,1-3H3,(H,23,24,25). The topological polar surface area (TPSA) is 69.7 Å². The first-order valence-electron chi connectivity index (χ1n) is 8.72. The third-order valence-electron chi connectivity index (χ3n) is 3.45. The van der Waals surface area contributed by atoms with Crippen molar-refractivity contribution in [3.8, 4) is 17.2 Å². The summed E-state index contributed by atoms with van der Waals surface area (Å²) in [6, 6.07) is 6.16. The summed E-state index contributed by atoms with van der Waals surface area (Å²) in [6.07, 6.45) is -4.61. The molecule has 2 rings (SSSR count). The number of amides is 1. The zero-order chi connectivity index (χ0) is 20.7. The van der Waals surface area contributed by atoms with Crippen molar-refractivity contribution in [3.05, 3.63) is 41.6 Å². The molecule has 0 atom stereocenters. The Hall–Kier alpha value is -2.97. The van der Waals surface area contributed by atoms with Gasteiger partial charge in [-0.05, 0) is 45.0 Å². The summed E-state index contributed by atoms with van der Waals surface area (Å²) in [6.45, 7) is 6.35. The number of ether oxygens (including phenoxy) is 3. The number of nitrogens with one attached hydrogen (secondary N) is 1. The third-order valence-corrected chi connectivity index (χ3v) is 3.45. The lowest BCUT2D eigenvalue weighted by Crippen LogP contribution is -2.16. The van der Waals surface area contributed by atoms with Crippen molar-refractivity contribution in [2.24, 2.45) is 0 Å². The van der Waals surface area contributed by atoms with Gasteiger partial charge in [0.25, 0.3) is 5.91 Å². The van der Waals surface area contributed by atoms with E-state index < -0.39 is 17.8 Å². The van der Waals surface area contributed by atoms with Crippen LogP contribution in [0.3, 0.4) is 0 Å². The second-order valence-corrected chi connectivity index (χ2v) is 5.46.